The molecular weight excluding hydrogens is 278 g/mol. The van der Waals surface area contributed by atoms with E-state index in [1.807, 2.05) is 36.5 Å². The summed E-state index contributed by atoms with van der Waals surface area (Å²) in [6, 6.07) is 9.38. The maximum absolute atomic E-state index is 12.1. The first-order valence-corrected chi connectivity index (χ1v) is 7.77. The number of aromatic nitrogens is 2. The SMILES string of the molecule is C[C@H](Oc1ccccc1)C(=O)NCc1cnn2c1CCCC2. The minimum absolute atomic E-state index is 0.111. The van der Waals surface area contributed by atoms with Crippen LogP contribution in [0.25, 0.3) is 0 Å². The van der Waals surface area contributed by atoms with E-state index in [1.165, 1.54) is 18.5 Å². The molecule has 116 valence electrons. The van der Waals surface area contributed by atoms with Crippen molar-refractivity contribution in [3.63, 3.8) is 0 Å². The molecule has 0 saturated heterocycles. The molecule has 22 heavy (non-hydrogen) atoms. The lowest BCUT2D eigenvalue weighted by Gasteiger charge is -2.16. The molecule has 2 heterocycles. The standard InChI is InChI=1S/C17H21N3O2/c1-13(22-15-7-3-2-4-8-15)17(21)18-11-14-12-19-20-10-6-5-9-16(14)20/h2-4,7-8,12-13H,5-6,9-11H2,1H3,(H,18,21)/t13-/m0/s1. The zero-order valence-corrected chi connectivity index (χ0v) is 12.8. The highest BCUT2D eigenvalue weighted by molar-refractivity contribution is 5.80. The Labute approximate surface area is 130 Å². The summed E-state index contributed by atoms with van der Waals surface area (Å²) in [5, 5.41) is 7.32. The third-order valence-corrected chi connectivity index (χ3v) is 3.95. The predicted octanol–water partition coefficient (Wildman–Crippen LogP) is 2.30. The largest absolute Gasteiger partial charge is 0.481 e. The number of hydrogen-bond donors (Lipinski definition) is 1. The van der Waals surface area contributed by atoms with Gasteiger partial charge in [-0.3, -0.25) is 9.48 Å². The second-order valence-electron chi connectivity index (χ2n) is 5.59. The Kier molecular flexibility index (Phi) is 4.42. The number of fused-ring (bicyclic) bond motifs is 1. The van der Waals surface area contributed by atoms with Crippen molar-refractivity contribution in [3.8, 4) is 5.75 Å². The summed E-state index contributed by atoms with van der Waals surface area (Å²) in [5.74, 6) is 0.590. The van der Waals surface area contributed by atoms with Crippen molar-refractivity contribution in [1.29, 1.82) is 0 Å². The van der Waals surface area contributed by atoms with Crippen LogP contribution in [0.2, 0.25) is 0 Å². The number of nitrogens with one attached hydrogen (secondary N) is 1. The lowest BCUT2D eigenvalue weighted by Crippen LogP contribution is -2.36. The molecule has 1 amide bonds. The fourth-order valence-corrected chi connectivity index (χ4v) is 2.72. The fraction of sp³-hybridized carbons (Fsp3) is 0.412. The summed E-state index contributed by atoms with van der Waals surface area (Å²) < 4.78 is 7.68. The molecule has 0 radical (unpaired) electrons. The van der Waals surface area contributed by atoms with Gasteiger partial charge < -0.3 is 10.1 Å². The van der Waals surface area contributed by atoms with Crippen molar-refractivity contribution >= 4 is 5.91 Å². The van der Waals surface area contributed by atoms with E-state index in [2.05, 4.69) is 15.1 Å². The van der Waals surface area contributed by atoms with Gasteiger partial charge in [0.1, 0.15) is 5.75 Å². The average Bonchev–Trinajstić information content (AvgIpc) is 2.97. The minimum Gasteiger partial charge on any atom is -0.481 e. The molecule has 1 aliphatic heterocycles. The van der Waals surface area contributed by atoms with E-state index in [0.29, 0.717) is 12.3 Å². The van der Waals surface area contributed by atoms with Crippen LogP contribution in [-0.2, 0) is 24.3 Å². The van der Waals surface area contributed by atoms with Gasteiger partial charge >= 0.3 is 0 Å². The number of ether oxygens (including phenoxy) is 1. The Morgan fingerprint density at radius 1 is 1.36 bits per heavy atom. The van der Waals surface area contributed by atoms with Gasteiger partial charge in [0.05, 0.1) is 6.20 Å². The van der Waals surface area contributed by atoms with Crippen molar-refractivity contribution in [3.05, 3.63) is 47.8 Å². The molecule has 1 aliphatic rings. The molecule has 5 nitrogen and oxygen atoms in total. The van der Waals surface area contributed by atoms with Gasteiger partial charge in [-0.15, -0.1) is 0 Å². The number of carbonyl (C=O) groups is 1. The monoisotopic (exact) mass is 299 g/mol. The number of nitrogens with zero attached hydrogens (tertiary/aromatic N) is 2. The van der Waals surface area contributed by atoms with Crippen LogP contribution >= 0.6 is 0 Å². The fourth-order valence-electron chi connectivity index (χ4n) is 2.72. The number of carbonyl (C=O) groups excluding carboxylic acids is 1. The van der Waals surface area contributed by atoms with E-state index < -0.39 is 6.10 Å². The van der Waals surface area contributed by atoms with Gasteiger partial charge in [0.25, 0.3) is 5.91 Å². The van der Waals surface area contributed by atoms with Gasteiger partial charge in [0.15, 0.2) is 6.10 Å². The van der Waals surface area contributed by atoms with E-state index in [0.717, 1.165) is 18.5 Å². The summed E-state index contributed by atoms with van der Waals surface area (Å²) in [6.45, 7) is 3.25. The highest BCUT2D eigenvalue weighted by atomic mass is 16.5. The number of benzene rings is 1. The lowest BCUT2D eigenvalue weighted by atomic mass is 10.1. The third-order valence-electron chi connectivity index (χ3n) is 3.95. The first kappa shape index (κ1) is 14.6. The Morgan fingerprint density at radius 2 is 2.18 bits per heavy atom. The van der Waals surface area contributed by atoms with Crippen LogP contribution in [0, 0.1) is 0 Å². The van der Waals surface area contributed by atoms with Gasteiger partial charge in [-0.25, -0.2) is 0 Å². The van der Waals surface area contributed by atoms with Crippen molar-refractivity contribution in [1.82, 2.24) is 15.1 Å². The van der Waals surface area contributed by atoms with Crippen molar-refractivity contribution in [2.45, 2.75) is 45.4 Å². The summed E-state index contributed by atoms with van der Waals surface area (Å²) in [7, 11) is 0. The Hall–Kier alpha value is -2.30. The Bertz CT molecular complexity index is 637. The highest BCUT2D eigenvalue weighted by Crippen LogP contribution is 2.18. The predicted molar refractivity (Wildman–Crippen MR) is 83.5 cm³/mol. The summed E-state index contributed by atoms with van der Waals surface area (Å²) in [6.07, 6.45) is 4.77. The maximum atomic E-state index is 12.1. The molecule has 0 unspecified atom stereocenters. The van der Waals surface area contributed by atoms with E-state index in [-0.39, 0.29) is 5.91 Å². The zero-order valence-electron chi connectivity index (χ0n) is 12.8. The molecule has 3 rings (SSSR count). The van der Waals surface area contributed by atoms with Crippen LogP contribution < -0.4 is 10.1 Å². The molecule has 5 heteroatoms. The molecule has 2 aromatic rings. The Balaban J connectivity index is 1.55. The molecule has 0 aliphatic carbocycles. The van der Waals surface area contributed by atoms with E-state index in [1.54, 1.807) is 6.92 Å². The third kappa shape index (κ3) is 3.30. The molecule has 1 atom stereocenters. The van der Waals surface area contributed by atoms with Gasteiger partial charge in [-0.1, -0.05) is 18.2 Å². The number of hydrogen-bond acceptors (Lipinski definition) is 3. The van der Waals surface area contributed by atoms with Crippen molar-refractivity contribution < 1.29 is 9.53 Å². The van der Waals surface area contributed by atoms with E-state index in [9.17, 15) is 4.79 Å². The molecule has 1 aromatic carbocycles. The van der Waals surface area contributed by atoms with Gasteiger partial charge in [0.2, 0.25) is 0 Å². The first-order chi connectivity index (χ1) is 10.7. The van der Waals surface area contributed by atoms with Gasteiger partial charge in [-0.2, -0.15) is 5.10 Å². The van der Waals surface area contributed by atoms with Gasteiger partial charge in [0, 0.05) is 24.3 Å². The molecule has 1 aromatic heterocycles. The number of para-hydroxylation sites is 1. The lowest BCUT2D eigenvalue weighted by molar-refractivity contribution is -0.127. The quantitative estimate of drug-likeness (QED) is 0.921. The highest BCUT2D eigenvalue weighted by Gasteiger charge is 2.18. The second kappa shape index (κ2) is 6.64. The summed E-state index contributed by atoms with van der Waals surface area (Å²) >= 11 is 0. The molecule has 0 fully saturated rings. The number of amides is 1. The van der Waals surface area contributed by atoms with Crippen molar-refractivity contribution in [2.75, 3.05) is 0 Å². The van der Waals surface area contributed by atoms with Gasteiger partial charge in [-0.05, 0) is 38.3 Å². The van der Waals surface area contributed by atoms with Crippen LogP contribution in [0.5, 0.6) is 5.75 Å². The first-order valence-electron chi connectivity index (χ1n) is 7.77. The van der Waals surface area contributed by atoms with E-state index in [4.69, 9.17) is 4.74 Å². The molecule has 0 saturated carbocycles. The molecule has 1 N–H and O–H groups in total. The Morgan fingerprint density at radius 3 is 3.00 bits per heavy atom. The molecule has 0 bridgehead atoms. The topological polar surface area (TPSA) is 56.1 Å². The van der Waals surface area contributed by atoms with Crippen LogP contribution in [0.1, 0.15) is 31.0 Å². The second-order valence-corrected chi connectivity index (χ2v) is 5.59. The smallest absolute Gasteiger partial charge is 0.261 e. The average molecular weight is 299 g/mol. The summed E-state index contributed by atoms with van der Waals surface area (Å²) in [4.78, 5) is 12.1. The van der Waals surface area contributed by atoms with Crippen LogP contribution in [0.3, 0.4) is 0 Å². The van der Waals surface area contributed by atoms with Crippen LogP contribution in [0.15, 0.2) is 36.5 Å². The van der Waals surface area contributed by atoms with Crippen LogP contribution in [-0.4, -0.2) is 21.8 Å². The molecule has 0 spiro atoms. The minimum atomic E-state index is -0.520. The summed E-state index contributed by atoms with van der Waals surface area (Å²) in [5.41, 5.74) is 2.36. The maximum Gasteiger partial charge on any atom is 0.261 e. The van der Waals surface area contributed by atoms with Crippen molar-refractivity contribution in [2.24, 2.45) is 0 Å². The van der Waals surface area contributed by atoms with Crippen LogP contribution in [0.4, 0.5) is 0 Å². The zero-order chi connectivity index (χ0) is 15.4. The number of aryl methyl sites for hydroxylation is 1. The molecular formula is C17H21N3O2. The normalized spacial score (nSPS) is 15.0. The van der Waals surface area contributed by atoms with E-state index >= 15 is 0 Å². The number of rotatable bonds is 5.